The Morgan fingerprint density at radius 3 is 2.87 bits per heavy atom. The zero-order valence-corrected chi connectivity index (χ0v) is 9.50. The Labute approximate surface area is 94.8 Å². The lowest BCUT2D eigenvalue weighted by atomic mass is 10.2. The topological polar surface area (TPSA) is 55.5 Å². The average molecular weight is 230 g/mol. The van der Waals surface area contributed by atoms with E-state index < -0.39 is 6.10 Å². The van der Waals surface area contributed by atoms with Crippen LogP contribution < -0.4 is 10.5 Å². The summed E-state index contributed by atoms with van der Waals surface area (Å²) in [6, 6.07) is 5.39. The van der Waals surface area contributed by atoms with Crippen molar-refractivity contribution in [1.29, 1.82) is 0 Å². The SMILES string of the molecule is Cc1cc(Cl)ccc1OCC(O)CCN. The molecule has 15 heavy (non-hydrogen) atoms. The molecule has 1 aromatic rings. The van der Waals surface area contributed by atoms with Gasteiger partial charge in [0, 0.05) is 5.02 Å². The van der Waals surface area contributed by atoms with E-state index in [4.69, 9.17) is 22.1 Å². The molecule has 0 amide bonds. The number of rotatable bonds is 5. The van der Waals surface area contributed by atoms with Gasteiger partial charge in [0.05, 0.1) is 6.10 Å². The standard InChI is InChI=1S/C11H16ClNO2/c1-8-6-9(12)2-3-11(8)15-7-10(14)4-5-13/h2-3,6,10,14H,4-5,7,13H2,1H3. The van der Waals surface area contributed by atoms with Crippen molar-refractivity contribution in [3.05, 3.63) is 28.8 Å². The van der Waals surface area contributed by atoms with Gasteiger partial charge in [-0.05, 0) is 43.7 Å². The minimum absolute atomic E-state index is 0.264. The molecule has 0 saturated carbocycles. The lowest BCUT2D eigenvalue weighted by molar-refractivity contribution is 0.102. The molecule has 0 saturated heterocycles. The van der Waals surface area contributed by atoms with Crippen LogP contribution in [-0.4, -0.2) is 24.4 Å². The number of aryl methyl sites for hydroxylation is 1. The second kappa shape index (κ2) is 5.95. The molecule has 3 nitrogen and oxygen atoms in total. The van der Waals surface area contributed by atoms with Crippen LogP contribution in [0.15, 0.2) is 18.2 Å². The molecule has 1 unspecified atom stereocenters. The van der Waals surface area contributed by atoms with Crippen LogP contribution in [-0.2, 0) is 0 Å². The summed E-state index contributed by atoms with van der Waals surface area (Å²) >= 11 is 5.81. The second-order valence-corrected chi connectivity index (χ2v) is 3.89. The Morgan fingerprint density at radius 1 is 1.53 bits per heavy atom. The van der Waals surface area contributed by atoms with Gasteiger partial charge in [-0.1, -0.05) is 11.6 Å². The zero-order valence-electron chi connectivity index (χ0n) is 8.74. The molecule has 3 N–H and O–H groups in total. The number of hydrogen-bond donors (Lipinski definition) is 2. The largest absolute Gasteiger partial charge is 0.491 e. The molecule has 0 aliphatic carbocycles. The highest BCUT2D eigenvalue weighted by molar-refractivity contribution is 6.30. The van der Waals surface area contributed by atoms with E-state index in [-0.39, 0.29) is 6.61 Å². The Bertz CT molecular complexity index is 317. The number of nitrogens with two attached hydrogens (primary N) is 1. The van der Waals surface area contributed by atoms with Crippen LogP contribution in [0, 0.1) is 6.92 Å². The van der Waals surface area contributed by atoms with Crippen molar-refractivity contribution in [2.24, 2.45) is 5.73 Å². The molecule has 0 heterocycles. The van der Waals surface area contributed by atoms with Crippen LogP contribution in [0.2, 0.25) is 5.02 Å². The summed E-state index contributed by atoms with van der Waals surface area (Å²) < 4.78 is 5.44. The summed E-state index contributed by atoms with van der Waals surface area (Å²) in [7, 11) is 0. The monoisotopic (exact) mass is 229 g/mol. The van der Waals surface area contributed by atoms with Crippen molar-refractivity contribution in [2.45, 2.75) is 19.4 Å². The molecule has 1 rings (SSSR count). The van der Waals surface area contributed by atoms with Gasteiger partial charge in [-0.15, -0.1) is 0 Å². The Kier molecular flexibility index (Phi) is 4.88. The van der Waals surface area contributed by atoms with E-state index in [1.165, 1.54) is 0 Å². The van der Waals surface area contributed by atoms with Gasteiger partial charge in [-0.2, -0.15) is 0 Å². The number of benzene rings is 1. The van der Waals surface area contributed by atoms with Crippen molar-refractivity contribution in [2.75, 3.05) is 13.2 Å². The van der Waals surface area contributed by atoms with Gasteiger partial charge in [0.15, 0.2) is 0 Å². The second-order valence-electron chi connectivity index (χ2n) is 3.45. The third-order valence-corrected chi connectivity index (χ3v) is 2.30. The van der Waals surface area contributed by atoms with Crippen LogP contribution in [0.5, 0.6) is 5.75 Å². The third-order valence-electron chi connectivity index (χ3n) is 2.07. The number of ether oxygens (including phenoxy) is 1. The van der Waals surface area contributed by atoms with Gasteiger partial charge in [0.2, 0.25) is 0 Å². The van der Waals surface area contributed by atoms with E-state index in [9.17, 15) is 5.11 Å². The minimum atomic E-state index is -0.509. The zero-order chi connectivity index (χ0) is 11.3. The van der Waals surface area contributed by atoms with Crippen LogP contribution in [0.4, 0.5) is 0 Å². The smallest absolute Gasteiger partial charge is 0.122 e. The lowest BCUT2D eigenvalue weighted by Crippen LogP contribution is -2.21. The average Bonchev–Trinajstić information content (AvgIpc) is 2.17. The molecule has 0 aliphatic rings. The molecular formula is C11H16ClNO2. The first-order valence-corrected chi connectivity index (χ1v) is 5.28. The van der Waals surface area contributed by atoms with Gasteiger partial charge < -0.3 is 15.6 Å². The first kappa shape index (κ1) is 12.3. The van der Waals surface area contributed by atoms with Crippen LogP contribution in [0.3, 0.4) is 0 Å². The van der Waals surface area contributed by atoms with E-state index in [0.29, 0.717) is 18.0 Å². The maximum atomic E-state index is 9.42. The van der Waals surface area contributed by atoms with Crippen molar-refractivity contribution >= 4 is 11.6 Å². The summed E-state index contributed by atoms with van der Waals surface area (Å²) in [5, 5.41) is 10.1. The highest BCUT2D eigenvalue weighted by Gasteiger charge is 2.05. The molecule has 1 atom stereocenters. The van der Waals surface area contributed by atoms with Gasteiger partial charge in [-0.3, -0.25) is 0 Å². The van der Waals surface area contributed by atoms with E-state index in [1.807, 2.05) is 13.0 Å². The van der Waals surface area contributed by atoms with E-state index in [0.717, 1.165) is 11.3 Å². The molecule has 0 aromatic heterocycles. The Morgan fingerprint density at radius 2 is 2.27 bits per heavy atom. The molecule has 4 heteroatoms. The quantitative estimate of drug-likeness (QED) is 0.809. The summed E-state index contributed by atoms with van der Waals surface area (Å²) in [5.41, 5.74) is 6.28. The van der Waals surface area contributed by atoms with Crippen LogP contribution in [0.25, 0.3) is 0 Å². The molecule has 0 bridgehead atoms. The maximum Gasteiger partial charge on any atom is 0.122 e. The Hall–Kier alpha value is -0.770. The molecule has 0 fully saturated rings. The molecule has 84 valence electrons. The summed E-state index contributed by atoms with van der Waals surface area (Å²) in [4.78, 5) is 0. The van der Waals surface area contributed by atoms with Gasteiger partial charge in [0.1, 0.15) is 12.4 Å². The molecule has 0 aliphatic heterocycles. The maximum absolute atomic E-state index is 9.42. The van der Waals surface area contributed by atoms with Crippen LogP contribution >= 0.6 is 11.6 Å². The fraction of sp³-hybridized carbons (Fsp3) is 0.455. The normalized spacial score (nSPS) is 12.5. The highest BCUT2D eigenvalue weighted by atomic mass is 35.5. The molecule has 0 radical (unpaired) electrons. The number of hydrogen-bond acceptors (Lipinski definition) is 3. The van der Waals surface area contributed by atoms with Gasteiger partial charge >= 0.3 is 0 Å². The molecule has 1 aromatic carbocycles. The van der Waals surface area contributed by atoms with Crippen LogP contribution in [0.1, 0.15) is 12.0 Å². The first-order chi connectivity index (χ1) is 7.13. The highest BCUT2D eigenvalue weighted by Crippen LogP contribution is 2.21. The Balaban J connectivity index is 2.50. The van der Waals surface area contributed by atoms with E-state index in [2.05, 4.69) is 0 Å². The predicted molar refractivity (Wildman–Crippen MR) is 61.4 cm³/mol. The lowest BCUT2D eigenvalue weighted by Gasteiger charge is -2.13. The van der Waals surface area contributed by atoms with Crippen molar-refractivity contribution in [3.63, 3.8) is 0 Å². The summed E-state index contributed by atoms with van der Waals surface area (Å²) in [5.74, 6) is 0.746. The van der Waals surface area contributed by atoms with Crippen molar-refractivity contribution < 1.29 is 9.84 Å². The molecule has 0 spiro atoms. The fourth-order valence-electron chi connectivity index (χ4n) is 1.24. The fourth-order valence-corrected chi connectivity index (χ4v) is 1.46. The van der Waals surface area contributed by atoms with Gasteiger partial charge in [-0.25, -0.2) is 0 Å². The van der Waals surface area contributed by atoms with Crippen molar-refractivity contribution in [3.8, 4) is 5.75 Å². The van der Waals surface area contributed by atoms with E-state index in [1.54, 1.807) is 12.1 Å². The summed E-state index contributed by atoms with van der Waals surface area (Å²) in [6.07, 6.45) is 0.0391. The number of halogens is 1. The number of aliphatic hydroxyl groups is 1. The van der Waals surface area contributed by atoms with E-state index >= 15 is 0 Å². The summed E-state index contributed by atoms with van der Waals surface area (Å²) in [6.45, 7) is 2.64. The third kappa shape index (κ3) is 4.08. The van der Waals surface area contributed by atoms with Crippen molar-refractivity contribution in [1.82, 2.24) is 0 Å². The number of aliphatic hydroxyl groups excluding tert-OH is 1. The minimum Gasteiger partial charge on any atom is -0.491 e. The first-order valence-electron chi connectivity index (χ1n) is 4.90. The van der Waals surface area contributed by atoms with Gasteiger partial charge in [0.25, 0.3) is 0 Å². The predicted octanol–water partition coefficient (Wildman–Crippen LogP) is 1.74. The molecular weight excluding hydrogens is 214 g/mol.